The Balaban J connectivity index is 1.40. The van der Waals surface area contributed by atoms with Crippen LogP contribution in [0.2, 0.25) is 0 Å². The quantitative estimate of drug-likeness (QED) is 0.642. The van der Waals surface area contributed by atoms with Crippen molar-refractivity contribution >= 4 is 5.91 Å². The van der Waals surface area contributed by atoms with Crippen LogP contribution in [0.1, 0.15) is 22.5 Å². The molecule has 1 amide bonds. The Hall–Kier alpha value is -3.15. The number of aromatic nitrogens is 3. The molecule has 0 spiro atoms. The lowest BCUT2D eigenvalue weighted by atomic mass is 10.2. The average Bonchev–Trinajstić information content (AvgIpc) is 3.11. The Morgan fingerprint density at radius 3 is 2.52 bits per heavy atom. The molecule has 128 valence electrons. The highest BCUT2D eigenvalue weighted by molar-refractivity contribution is 5.91. The van der Waals surface area contributed by atoms with Crippen molar-refractivity contribution < 1.29 is 9.53 Å². The van der Waals surface area contributed by atoms with E-state index in [2.05, 4.69) is 15.6 Å². The van der Waals surface area contributed by atoms with E-state index in [0.717, 1.165) is 17.7 Å². The summed E-state index contributed by atoms with van der Waals surface area (Å²) in [5.41, 5.74) is 1.43. The predicted octanol–water partition coefficient (Wildman–Crippen LogP) is 2.53. The summed E-state index contributed by atoms with van der Waals surface area (Å²) >= 11 is 0. The van der Waals surface area contributed by atoms with Gasteiger partial charge in [0.2, 0.25) is 0 Å². The minimum absolute atomic E-state index is 0.223. The Labute approximate surface area is 146 Å². The Kier molecular flexibility index (Phi) is 5.77. The van der Waals surface area contributed by atoms with E-state index >= 15 is 0 Å². The maximum absolute atomic E-state index is 12.1. The first-order valence-corrected chi connectivity index (χ1v) is 8.21. The molecule has 1 aromatic heterocycles. The molecular weight excluding hydrogens is 316 g/mol. The first-order valence-electron chi connectivity index (χ1n) is 8.21. The first-order chi connectivity index (χ1) is 12.3. The topological polar surface area (TPSA) is 69.0 Å². The van der Waals surface area contributed by atoms with Crippen LogP contribution < -0.4 is 10.1 Å². The van der Waals surface area contributed by atoms with Gasteiger partial charge in [0.15, 0.2) is 5.69 Å². The van der Waals surface area contributed by atoms with E-state index in [9.17, 15) is 4.79 Å². The summed E-state index contributed by atoms with van der Waals surface area (Å²) < 4.78 is 7.24. The fraction of sp³-hybridized carbons (Fsp3) is 0.211. The normalized spacial score (nSPS) is 10.4. The lowest BCUT2D eigenvalue weighted by Crippen LogP contribution is -2.25. The van der Waals surface area contributed by atoms with Gasteiger partial charge in [-0.15, -0.1) is 5.10 Å². The van der Waals surface area contributed by atoms with Crippen LogP contribution in [0.5, 0.6) is 5.75 Å². The summed E-state index contributed by atoms with van der Waals surface area (Å²) in [6.45, 7) is 1.66. The van der Waals surface area contributed by atoms with E-state index in [1.807, 2.05) is 60.7 Å². The van der Waals surface area contributed by atoms with Crippen LogP contribution in [-0.2, 0) is 6.54 Å². The summed E-state index contributed by atoms with van der Waals surface area (Å²) in [4.78, 5) is 12.1. The maximum Gasteiger partial charge on any atom is 0.273 e. The molecule has 1 N–H and O–H groups in total. The molecule has 0 aliphatic carbocycles. The Bertz CT molecular complexity index is 787. The zero-order valence-electron chi connectivity index (χ0n) is 13.8. The zero-order valence-corrected chi connectivity index (χ0v) is 13.8. The van der Waals surface area contributed by atoms with Gasteiger partial charge < -0.3 is 10.1 Å². The number of hydrogen-bond donors (Lipinski definition) is 1. The van der Waals surface area contributed by atoms with Crippen molar-refractivity contribution in [2.75, 3.05) is 13.2 Å². The zero-order chi connectivity index (χ0) is 17.3. The molecule has 0 atom stereocenters. The molecule has 0 fully saturated rings. The van der Waals surface area contributed by atoms with Gasteiger partial charge in [0.05, 0.1) is 19.3 Å². The number of ether oxygens (including phenoxy) is 1. The van der Waals surface area contributed by atoms with Crippen molar-refractivity contribution in [1.82, 2.24) is 20.3 Å². The highest BCUT2D eigenvalue weighted by Gasteiger charge is 2.10. The van der Waals surface area contributed by atoms with Crippen molar-refractivity contribution in [3.63, 3.8) is 0 Å². The third-order valence-electron chi connectivity index (χ3n) is 3.58. The number of nitrogens with zero attached hydrogens (tertiary/aromatic N) is 3. The van der Waals surface area contributed by atoms with Crippen LogP contribution in [0.3, 0.4) is 0 Å². The second kappa shape index (κ2) is 8.63. The van der Waals surface area contributed by atoms with Gasteiger partial charge >= 0.3 is 0 Å². The lowest BCUT2D eigenvalue weighted by molar-refractivity contribution is 0.0946. The molecule has 0 saturated carbocycles. The molecule has 1 heterocycles. The largest absolute Gasteiger partial charge is 0.494 e. The number of amides is 1. The fourth-order valence-electron chi connectivity index (χ4n) is 2.32. The third-order valence-corrected chi connectivity index (χ3v) is 3.58. The highest BCUT2D eigenvalue weighted by atomic mass is 16.5. The van der Waals surface area contributed by atoms with Crippen LogP contribution in [0.25, 0.3) is 0 Å². The van der Waals surface area contributed by atoms with Gasteiger partial charge in [-0.25, -0.2) is 4.68 Å². The van der Waals surface area contributed by atoms with Gasteiger partial charge in [0.1, 0.15) is 5.75 Å². The number of hydrogen-bond acceptors (Lipinski definition) is 4. The third kappa shape index (κ3) is 5.17. The van der Waals surface area contributed by atoms with Crippen LogP contribution >= 0.6 is 0 Å². The minimum Gasteiger partial charge on any atom is -0.494 e. The molecule has 0 saturated heterocycles. The molecular formula is C19H20N4O2. The van der Waals surface area contributed by atoms with E-state index in [1.54, 1.807) is 10.9 Å². The maximum atomic E-state index is 12.1. The van der Waals surface area contributed by atoms with Crippen LogP contribution in [0.15, 0.2) is 66.9 Å². The summed E-state index contributed by atoms with van der Waals surface area (Å²) in [6.07, 6.45) is 2.38. The van der Waals surface area contributed by atoms with Crippen LogP contribution in [0.4, 0.5) is 0 Å². The van der Waals surface area contributed by atoms with Crippen molar-refractivity contribution in [2.45, 2.75) is 13.0 Å². The molecule has 0 radical (unpaired) electrons. The highest BCUT2D eigenvalue weighted by Crippen LogP contribution is 2.08. The number of carbonyl (C=O) groups is 1. The van der Waals surface area contributed by atoms with Crippen molar-refractivity contribution in [2.24, 2.45) is 0 Å². The minimum atomic E-state index is -0.223. The van der Waals surface area contributed by atoms with E-state index in [4.69, 9.17) is 4.74 Å². The fourth-order valence-corrected chi connectivity index (χ4v) is 2.32. The summed E-state index contributed by atoms with van der Waals surface area (Å²) in [5, 5.41) is 10.8. The Morgan fingerprint density at radius 1 is 1.04 bits per heavy atom. The molecule has 0 unspecified atom stereocenters. The number of nitrogens with one attached hydrogen (secondary N) is 1. The second-order valence-electron chi connectivity index (χ2n) is 5.56. The van der Waals surface area contributed by atoms with Gasteiger partial charge in [-0.3, -0.25) is 4.79 Å². The summed E-state index contributed by atoms with van der Waals surface area (Å²) in [6, 6.07) is 19.5. The molecule has 0 aliphatic rings. The number of benzene rings is 2. The summed E-state index contributed by atoms with van der Waals surface area (Å²) in [5.74, 6) is 0.608. The van der Waals surface area contributed by atoms with E-state index in [-0.39, 0.29) is 5.91 Å². The molecule has 0 aliphatic heterocycles. The van der Waals surface area contributed by atoms with Gasteiger partial charge in [-0.2, -0.15) is 0 Å². The van der Waals surface area contributed by atoms with Crippen molar-refractivity contribution in [3.05, 3.63) is 78.1 Å². The molecule has 3 aromatic rings. The van der Waals surface area contributed by atoms with Gasteiger partial charge in [0.25, 0.3) is 5.91 Å². The molecule has 3 rings (SSSR count). The molecule has 0 bridgehead atoms. The summed E-state index contributed by atoms with van der Waals surface area (Å²) in [7, 11) is 0. The second-order valence-corrected chi connectivity index (χ2v) is 5.56. The lowest BCUT2D eigenvalue weighted by Gasteiger charge is -2.06. The molecule has 6 nitrogen and oxygen atoms in total. The first kappa shape index (κ1) is 16.7. The molecule has 2 aromatic carbocycles. The van der Waals surface area contributed by atoms with Gasteiger partial charge in [-0.1, -0.05) is 53.7 Å². The van der Waals surface area contributed by atoms with Gasteiger partial charge in [-0.05, 0) is 24.1 Å². The Morgan fingerprint density at radius 2 is 1.76 bits per heavy atom. The number of rotatable bonds is 8. The molecule has 6 heteroatoms. The van der Waals surface area contributed by atoms with Crippen LogP contribution in [-0.4, -0.2) is 34.1 Å². The predicted molar refractivity (Wildman–Crippen MR) is 94.5 cm³/mol. The van der Waals surface area contributed by atoms with E-state index < -0.39 is 0 Å². The standard InChI is InChI=1S/C19H20N4O2/c24-19(20-12-7-13-25-17-10-5-2-6-11-17)18-15-23(22-21-18)14-16-8-3-1-4-9-16/h1-6,8-11,15H,7,12-14H2,(H,20,24). The number of carbonyl (C=O) groups excluding carboxylic acids is 1. The van der Waals surface area contributed by atoms with E-state index in [0.29, 0.717) is 25.4 Å². The van der Waals surface area contributed by atoms with Crippen molar-refractivity contribution in [1.29, 1.82) is 0 Å². The average molecular weight is 336 g/mol. The van der Waals surface area contributed by atoms with Crippen LogP contribution in [0, 0.1) is 0 Å². The monoisotopic (exact) mass is 336 g/mol. The van der Waals surface area contributed by atoms with Gasteiger partial charge in [0, 0.05) is 6.54 Å². The van der Waals surface area contributed by atoms with E-state index in [1.165, 1.54) is 0 Å². The smallest absolute Gasteiger partial charge is 0.273 e. The SMILES string of the molecule is O=C(NCCCOc1ccccc1)c1cn(Cc2ccccc2)nn1. The molecule has 25 heavy (non-hydrogen) atoms. The number of para-hydroxylation sites is 1. The van der Waals surface area contributed by atoms with Crippen molar-refractivity contribution in [3.8, 4) is 5.75 Å².